The van der Waals surface area contributed by atoms with Gasteiger partial charge in [0, 0.05) is 21.0 Å². The third kappa shape index (κ3) is 5.05. The van der Waals surface area contributed by atoms with Crippen molar-refractivity contribution in [3.8, 4) is 11.1 Å². The third-order valence-corrected chi connectivity index (χ3v) is 5.67. The van der Waals surface area contributed by atoms with Crippen LogP contribution in [0.4, 0.5) is 17.6 Å². The molecule has 0 radical (unpaired) electrons. The van der Waals surface area contributed by atoms with E-state index < -0.39 is 35.1 Å². The van der Waals surface area contributed by atoms with E-state index in [0.29, 0.717) is 5.56 Å². The number of hydrogen-bond donors (Lipinski definition) is 1. The maximum atomic E-state index is 14.9. The Labute approximate surface area is 170 Å². The van der Waals surface area contributed by atoms with Crippen molar-refractivity contribution < 1.29 is 27.1 Å². The van der Waals surface area contributed by atoms with Crippen LogP contribution in [0.2, 0.25) is 0 Å². The number of halogens is 4. The van der Waals surface area contributed by atoms with E-state index >= 15 is 0 Å². The molecule has 8 heteroatoms. The van der Waals surface area contributed by atoms with Crippen LogP contribution in [0.25, 0.3) is 11.1 Å². The van der Waals surface area contributed by atoms with Crippen molar-refractivity contribution >= 4 is 16.2 Å². The monoisotopic (exact) mass is 427 g/mol. The molecule has 0 saturated heterocycles. The Hall–Kier alpha value is -2.19. The Bertz CT molecular complexity index is 916. The summed E-state index contributed by atoms with van der Waals surface area (Å²) < 4.78 is 60.6. The number of rotatable bonds is 5. The fourth-order valence-electron chi connectivity index (χ4n) is 3.63. The molecule has 2 aromatic carbocycles. The zero-order valence-electron chi connectivity index (χ0n) is 17.1. The van der Waals surface area contributed by atoms with E-state index in [0.717, 1.165) is 22.8 Å². The topological polar surface area (TPSA) is 52.3 Å². The number of carbonyl (C=O) groups is 1. The second-order valence-electron chi connectivity index (χ2n) is 7.56. The predicted molar refractivity (Wildman–Crippen MR) is 108 cm³/mol. The highest BCUT2D eigenvalue weighted by Crippen LogP contribution is 2.40. The van der Waals surface area contributed by atoms with E-state index in [1.54, 1.807) is 20.8 Å². The minimum absolute atomic E-state index is 0.0488. The molecule has 2 N–H and O–H groups in total. The summed E-state index contributed by atoms with van der Waals surface area (Å²) in [6.45, 7) is 7.19. The highest BCUT2D eigenvalue weighted by molar-refractivity contribution is 6.17. The Balaban J connectivity index is 2.76. The van der Waals surface area contributed by atoms with Crippen LogP contribution in [-0.4, -0.2) is 22.8 Å². The molecule has 0 aliphatic carbocycles. The second-order valence-corrected chi connectivity index (χ2v) is 9.34. The Morgan fingerprint density at radius 1 is 1.07 bits per heavy atom. The average molecular weight is 428 g/mol. The number of carbonyl (C=O) groups excluding carboxylic acids is 1. The van der Waals surface area contributed by atoms with Gasteiger partial charge in [-0.3, -0.25) is 4.79 Å². The van der Waals surface area contributed by atoms with Gasteiger partial charge in [-0.05, 0) is 62.1 Å². The van der Waals surface area contributed by atoms with Crippen LogP contribution in [0, 0.1) is 26.6 Å². The molecule has 0 saturated carbocycles. The lowest BCUT2D eigenvalue weighted by Gasteiger charge is -2.27. The van der Waals surface area contributed by atoms with Gasteiger partial charge in [0.15, 0.2) is 0 Å². The van der Waals surface area contributed by atoms with Crippen LogP contribution < -0.4 is 5.73 Å². The molecule has 0 amide bonds. The smallest absolute Gasteiger partial charge is 0.419 e. The first kappa shape index (κ1) is 23.1. The Morgan fingerprint density at radius 2 is 1.59 bits per heavy atom. The van der Waals surface area contributed by atoms with Gasteiger partial charge in [-0.25, -0.2) is 4.39 Å². The molecular formula is C21H25F4NO2Si. The molecule has 0 fully saturated rings. The molecule has 29 heavy (non-hydrogen) atoms. The van der Waals surface area contributed by atoms with Gasteiger partial charge in [-0.1, -0.05) is 17.7 Å². The number of benzene rings is 2. The summed E-state index contributed by atoms with van der Waals surface area (Å²) in [6, 6.07) is 5.86. The third-order valence-electron chi connectivity index (χ3n) is 4.78. The van der Waals surface area contributed by atoms with Gasteiger partial charge in [0.2, 0.25) is 0 Å². The van der Waals surface area contributed by atoms with Crippen LogP contribution in [0.15, 0.2) is 24.3 Å². The van der Waals surface area contributed by atoms with E-state index in [1.165, 1.54) is 6.07 Å². The largest absolute Gasteiger partial charge is 0.466 e. The highest BCUT2D eigenvalue weighted by atomic mass is 28.1. The van der Waals surface area contributed by atoms with E-state index in [9.17, 15) is 22.4 Å². The van der Waals surface area contributed by atoms with E-state index in [-0.39, 0.29) is 28.0 Å². The Kier molecular flexibility index (Phi) is 6.59. The number of hydrogen-bond acceptors (Lipinski definition) is 3. The zero-order chi connectivity index (χ0) is 22.1. The standard InChI is InChI=1S/C21H25F4NO2Si/c1-5-28-17(27)10-20(26,29)15-8-14(9-16(19(15)22)21(23,24)25)18-12(3)6-11(2)7-13(18)4/h6-9H,5,10,26H2,1-4,29H3/t20-/m0/s1. The molecule has 2 rings (SSSR count). The molecule has 158 valence electrons. The van der Waals surface area contributed by atoms with Gasteiger partial charge in [0.05, 0.1) is 18.6 Å². The molecular weight excluding hydrogens is 402 g/mol. The van der Waals surface area contributed by atoms with Crippen molar-refractivity contribution in [3.63, 3.8) is 0 Å². The summed E-state index contributed by atoms with van der Waals surface area (Å²) in [4.78, 5) is 11.9. The summed E-state index contributed by atoms with van der Waals surface area (Å²) >= 11 is 0. The summed E-state index contributed by atoms with van der Waals surface area (Å²) in [5.41, 5.74) is 7.81. The first-order valence-corrected chi connectivity index (χ1v) is 10.2. The number of esters is 1. The molecule has 1 atom stereocenters. The number of aryl methyl sites for hydroxylation is 3. The first-order valence-electron chi connectivity index (χ1n) is 9.22. The SMILES string of the molecule is CCOC(=O)C[C@](N)([SiH3])c1cc(-c2c(C)cc(C)cc2C)cc(C(F)(F)F)c1F. The predicted octanol–water partition coefficient (Wildman–Crippen LogP) is 3.87. The van der Waals surface area contributed by atoms with Gasteiger partial charge in [-0.15, -0.1) is 0 Å². The van der Waals surface area contributed by atoms with Gasteiger partial charge < -0.3 is 10.5 Å². The van der Waals surface area contributed by atoms with Gasteiger partial charge in [-0.2, -0.15) is 13.2 Å². The van der Waals surface area contributed by atoms with Crippen molar-refractivity contribution in [1.29, 1.82) is 0 Å². The molecule has 0 bridgehead atoms. The lowest BCUT2D eigenvalue weighted by atomic mass is 9.89. The van der Waals surface area contributed by atoms with Crippen molar-refractivity contribution in [3.05, 3.63) is 57.9 Å². The molecule has 0 aromatic heterocycles. The van der Waals surface area contributed by atoms with Gasteiger partial charge in [0.1, 0.15) is 5.82 Å². The van der Waals surface area contributed by atoms with Crippen LogP contribution in [0.5, 0.6) is 0 Å². The minimum atomic E-state index is -4.90. The van der Waals surface area contributed by atoms with Crippen molar-refractivity contribution in [2.45, 2.75) is 45.5 Å². The van der Waals surface area contributed by atoms with Crippen molar-refractivity contribution in [2.75, 3.05) is 6.61 Å². The van der Waals surface area contributed by atoms with E-state index in [2.05, 4.69) is 0 Å². The highest BCUT2D eigenvalue weighted by Gasteiger charge is 2.39. The van der Waals surface area contributed by atoms with Crippen LogP contribution in [0.3, 0.4) is 0 Å². The molecule has 0 heterocycles. The molecule has 3 nitrogen and oxygen atoms in total. The maximum Gasteiger partial charge on any atom is 0.419 e. The summed E-state index contributed by atoms with van der Waals surface area (Å²) in [5, 5.41) is -1.54. The van der Waals surface area contributed by atoms with E-state index in [1.807, 2.05) is 19.1 Å². The minimum Gasteiger partial charge on any atom is -0.466 e. The molecule has 0 unspecified atom stereocenters. The van der Waals surface area contributed by atoms with E-state index in [4.69, 9.17) is 10.5 Å². The second kappa shape index (κ2) is 8.28. The van der Waals surface area contributed by atoms with Gasteiger partial charge in [0.25, 0.3) is 0 Å². The summed E-state index contributed by atoms with van der Waals surface area (Å²) in [6.07, 6.45) is -5.29. The fraction of sp³-hybridized carbons (Fsp3) is 0.381. The van der Waals surface area contributed by atoms with Crippen molar-refractivity contribution in [2.24, 2.45) is 5.73 Å². The Morgan fingerprint density at radius 3 is 2.07 bits per heavy atom. The molecule has 0 aliphatic heterocycles. The lowest BCUT2D eigenvalue weighted by Crippen LogP contribution is -2.41. The lowest BCUT2D eigenvalue weighted by molar-refractivity contribution is -0.143. The number of ether oxygens (including phenoxy) is 1. The average Bonchev–Trinajstić information content (AvgIpc) is 2.53. The summed E-state index contributed by atoms with van der Waals surface area (Å²) in [7, 11) is 0.0488. The van der Waals surface area contributed by atoms with Crippen LogP contribution >= 0.6 is 0 Å². The molecule has 0 spiro atoms. The number of nitrogens with two attached hydrogens (primary N) is 1. The quantitative estimate of drug-likeness (QED) is 0.448. The van der Waals surface area contributed by atoms with Gasteiger partial charge >= 0.3 is 12.1 Å². The van der Waals surface area contributed by atoms with Crippen LogP contribution in [-0.2, 0) is 20.9 Å². The fourth-order valence-corrected chi connectivity index (χ4v) is 4.29. The molecule has 2 aromatic rings. The number of alkyl halides is 3. The molecule has 0 aliphatic rings. The zero-order valence-corrected chi connectivity index (χ0v) is 19.1. The first-order chi connectivity index (χ1) is 13.3. The van der Waals surface area contributed by atoms with Crippen molar-refractivity contribution in [1.82, 2.24) is 0 Å². The maximum absolute atomic E-state index is 14.9. The summed E-state index contributed by atoms with van der Waals surface area (Å²) in [5.74, 6) is -2.11. The normalized spacial score (nSPS) is 14.0. The van der Waals surface area contributed by atoms with Crippen LogP contribution in [0.1, 0.15) is 41.2 Å².